The van der Waals surface area contributed by atoms with Crippen molar-refractivity contribution >= 4 is 17.3 Å². The van der Waals surface area contributed by atoms with Crippen molar-refractivity contribution in [3.8, 4) is 0 Å². The van der Waals surface area contributed by atoms with Crippen molar-refractivity contribution in [3.05, 3.63) is 59.7 Å². The number of rotatable bonds is 6. The predicted octanol–water partition coefficient (Wildman–Crippen LogP) is 3.40. The van der Waals surface area contributed by atoms with Gasteiger partial charge in [-0.2, -0.15) is 0 Å². The van der Waals surface area contributed by atoms with Gasteiger partial charge in [-0.1, -0.05) is 30.3 Å². The van der Waals surface area contributed by atoms with Crippen LogP contribution in [0.4, 0.5) is 11.4 Å². The minimum absolute atomic E-state index is 0.204. The van der Waals surface area contributed by atoms with Crippen molar-refractivity contribution in [3.63, 3.8) is 0 Å². The summed E-state index contributed by atoms with van der Waals surface area (Å²) in [6.07, 6.45) is 1.96. The van der Waals surface area contributed by atoms with Gasteiger partial charge in [-0.15, -0.1) is 0 Å². The fraction of sp³-hybridized carbons (Fsp3) is 0.235. The highest BCUT2D eigenvalue weighted by molar-refractivity contribution is 5.90. The average molecular weight is 284 g/mol. The number of hydrogen-bond acceptors (Lipinski definition) is 3. The Balaban J connectivity index is 1.93. The zero-order valence-electron chi connectivity index (χ0n) is 12.0. The third-order valence-corrected chi connectivity index (χ3v) is 3.41. The van der Waals surface area contributed by atoms with Crippen molar-refractivity contribution in [2.24, 2.45) is 0 Å². The van der Waals surface area contributed by atoms with Gasteiger partial charge in [-0.05, 0) is 43.5 Å². The van der Waals surface area contributed by atoms with E-state index in [0.717, 1.165) is 18.5 Å². The molecule has 0 saturated heterocycles. The number of anilines is 2. The summed E-state index contributed by atoms with van der Waals surface area (Å²) in [4.78, 5) is 10.9. The summed E-state index contributed by atoms with van der Waals surface area (Å²) in [5.41, 5.74) is 8.64. The summed E-state index contributed by atoms with van der Waals surface area (Å²) in [5.74, 6) is -0.967. The maximum absolute atomic E-state index is 10.9. The van der Waals surface area contributed by atoms with Gasteiger partial charge in [0, 0.05) is 6.04 Å². The zero-order valence-corrected chi connectivity index (χ0v) is 12.0. The first-order valence-corrected chi connectivity index (χ1v) is 6.99. The van der Waals surface area contributed by atoms with Crippen LogP contribution >= 0.6 is 0 Å². The molecule has 1 unspecified atom stereocenters. The van der Waals surface area contributed by atoms with Crippen molar-refractivity contribution in [1.82, 2.24) is 0 Å². The standard InChI is InChI=1S/C17H20N2O2/c1-12(7-8-13-5-3-2-4-6-13)19-16-10-9-14(17(20)21)11-15(16)18/h2-6,9-12,19H,7-8,18H2,1H3,(H,20,21). The zero-order chi connectivity index (χ0) is 15.2. The number of nitrogen functional groups attached to an aromatic ring is 1. The molecule has 0 radical (unpaired) electrons. The number of carbonyl (C=O) groups is 1. The lowest BCUT2D eigenvalue weighted by atomic mass is 10.1. The highest BCUT2D eigenvalue weighted by Gasteiger charge is 2.08. The Morgan fingerprint density at radius 2 is 1.95 bits per heavy atom. The highest BCUT2D eigenvalue weighted by Crippen LogP contribution is 2.21. The molecule has 1 atom stereocenters. The molecule has 4 heteroatoms. The van der Waals surface area contributed by atoms with Crippen LogP contribution in [0.5, 0.6) is 0 Å². The van der Waals surface area contributed by atoms with Crippen LogP contribution < -0.4 is 11.1 Å². The van der Waals surface area contributed by atoms with Crippen LogP contribution in [0.25, 0.3) is 0 Å². The fourth-order valence-corrected chi connectivity index (χ4v) is 2.19. The summed E-state index contributed by atoms with van der Waals surface area (Å²) in [6, 6.07) is 15.3. The third kappa shape index (κ3) is 4.24. The molecule has 0 fully saturated rings. The van der Waals surface area contributed by atoms with E-state index in [9.17, 15) is 4.79 Å². The molecule has 0 spiro atoms. The Morgan fingerprint density at radius 3 is 2.57 bits per heavy atom. The Bertz CT molecular complexity index is 611. The van der Waals surface area contributed by atoms with Crippen LogP contribution in [0, 0.1) is 0 Å². The summed E-state index contributed by atoms with van der Waals surface area (Å²) >= 11 is 0. The van der Waals surface area contributed by atoms with Crippen molar-refractivity contribution in [2.45, 2.75) is 25.8 Å². The number of aryl methyl sites for hydroxylation is 1. The molecule has 4 nitrogen and oxygen atoms in total. The number of nitrogens with one attached hydrogen (secondary N) is 1. The smallest absolute Gasteiger partial charge is 0.335 e. The Labute approximate surface area is 124 Å². The number of nitrogens with two attached hydrogens (primary N) is 1. The van der Waals surface area contributed by atoms with Gasteiger partial charge in [-0.3, -0.25) is 0 Å². The normalized spacial score (nSPS) is 11.9. The first-order chi connectivity index (χ1) is 10.1. The monoisotopic (exact) mass is 284 g/mol. The lowest BCUT2D eigenvalue weighted by Gasteiger charge is -2.17. The Kier molecular flexibility index (Phi) is 4.82. The van der Waals surface area contributed by atoms with Crippen LogP contribution in [0.2, 0.25) is 0 Å². The van der Waals surface area contributed by atoms with Gasteiger partial charge < -0.3 is 16.2 Å². The molecule has 0 bridgehead atoms. The molecular formula is C17H20N2O2. The van der Waals surface area contributed by atoms with Crippen LogP contribution in [0.15, 0.2) is 48.5 Å². The van der Waals surface area contributed by atoms with Crippen LogP contribution in [0.3, 0.4) is 0 Å². The van der Waals surface area contributed by atoms with E-state index in [1.54, 1.807) is 12.1 Å². The van der Waals surface area contributed by atoms with E-state index in [4.69, 9.17) is 10.8 Å². The Morgan fingerprint density at radius 1 is 1.24 bits per heavy atom. The second-order valence-corrected chi connectivity index (χ2v) is 5.18. The number of benzene rings is 2. The van der Waals surface area contributed by atoms with E-state index in [0.29, 0.717) is 5.69 Å². The topological polar surface area (TPSA) is 75.3 Å². The van der Waals surface area contributed by atoms with E-state index >= 15 is 0 Å². The van der Waals surface area contributed by atoms with Crippen molar-refractivity contribution in [1.29, 1.82) is 0 Å². The summed E-state index contributed by atoms with van der Waals surface area (Å²) in [7, 11) is 0. The number of carboxylic acids is 1. The van der Waals surface area contributed by atoms with Crippen molar-refractivity contribution < 1.29 is 9.90 Å². The fourth-order valence-electron chi connectivity index (χ4n) is 2.19. The Hall–Kier alpha value is -2.49. The summed E-state index contributed by atoms with van der Waals surface area (Å²) < 4.78 is 0. The molecule has 0 aliphatic rings. The predicted molar refractivity (Wildman–Crippen MR) is 85.7 cm³/mol. The van der Waals surface area contributed by atoms with Gasteiger partial charge in [0.15, 0.2) is 0 Å². The van der Waals surface area contributed by atoms with Gasteiger partial charge in [0.05, 0.1) is 16.9 Å². The maximum atomic E-state index is 10.9. The van der Waals surface area contributed by atoms with Crippen molar-refractivity contribution in [2.75, 3.05) is 11.1 Å². The molecule has 21 heavy (non-hydrogen) atoms. The molecule has 2 rings (SSSR count). The number of hydrogen-bond donors (Lipinski definition) is 3. The molecule has 0 amide bonds. The van der Waals surface area contributed by atoms with E-state index in [1.807, 2.05) is 18.2 Å². The third-order valence-electron chi connectivity index (χ3n) is 3.41. The molecule has 0 aliphatic heterocycles. The second-order valence-electron chi connectivity index (χ2n) is 5.18. The molecule has 2 aromatic rings. The highest BCUT2D eigenvalue weighted by atomic mass is 16.4. The van der Waals surface area contributed by atoms with Crippen LogP contribution in [0.1, 0.15) is 29.3 Å². The first kappa shape index (κ1) is 14.9. The van der Waals surface area contributed by atoms with Gasteiger partial charge in [0.2, 0.25) is 0 Å². The van der Waals surface area contributed by atoms with Gasteiger partial charge in [0.1, 0.15) is 0 Å². The summed E-state index contributed by atoms with van der Waals surface area (Å²) in [6.45, 7) is 2.09. The largest absolute Gasteiger partial charge is 0.478 e. The molecular weight excluding hydrogens is 264 g/mol. The maximum Gasteiger partial charge on any atom is 0.335 e. The summed E-state index contributed by atoms with van der Waals surface area (Å²) in [5, 5.41) is 12.2. The molecule has 110 valence electrons. The lowest BCUT2D eigenvalue weighted by Crippen LogP contribution is -2.17. The average Bonchev–Trinajstić information content (AvgIpc) is 2.48. The minimum Gasteiger partial charge on any atom is -0.478 e. The molecule has 0 saturated carbocycles. The van der Waals surface area contributed by atoms with E-state index in [2.05, 4.69) is 24.4 Å². The van der Waals surface area contributed by atoms with Crippen LogP contribution in [-0.2, 0) is 6.42 Å². The van der Waals surface area contributed by atoms with Crippen LogP contribution in [-0.4, -0.2) is 17.1 Å². The molecule has 0 aliphatic carbocycles. The van der Waals surface area contributed by atoms with Gasteiger partial charge >= 0.3 is 5.97 Å². The molecule has 2 aromatic carbocycles. The number of aromatic carboxylic acids is 1. The number of carboxylic acid groups (broad SMARTS) is 1. The molecule has 0 heterocycles. The second kappa shape index (κ2) is 6.79. The lowest BCUT2D eigenvalue weighted by molar-refractivity contribution is 0.0697. The van der Waals surface area contributed by atoms with Gasteiger partial charge in [-0.25, -0.2) is 4.79 Å². The quantitative estimate of drug-likeness (QED) is 0.711. The SMILES string of the molecule is CC(CCc1ccccc1)Nc1ccc(C(=O)O)cc1N. The van der Waals surface area contributed by atoms with E-state index < -0.39 is 5.97 Å². The molecule has 4 N–H and O–H groups in total. The van der Waals surface area contributed by atoms with E-state index in [1.165, 1.54) is 11.6 Å². The first-order valence-electron chi connectivity index (χ1n) is 6.99. The van der Waals surface area contributed by atoms with Gasteiger partial charge in [0.25, 0.3) is 0 Å². The van der Waals surface area contributed by atoms with E-state index in [-0.39, 0.29) is 11.6 Å². The minimum atomic E-state index is -0.967. The molecule has 0 aromatic heterocycles.